The van der Waals surface area contributed by atoms with E-state index in [0.29, 0.717) is 123 Å². The molecule has 0 spiro atoms. The van der Waals surface area contributed by atoms with Crippen molar-refractivity contribution >= 4 is 11.9 Å². The van der Waals surface area contributed by atoms with E-state index in [0.717, 1.165) is 46.5 Å². The molecule has 17 nitrogen and oxygen atoms in total. The molecule has 6 rings (SSSR count). The number of methoxy groups -OCH3 is 6. The van der Waals surface area contributed by atoms with E-state index >= 15 is 0 Å². The van der Waals surface area contributed by atoms with Crippen LogP contribution in [-0.2, 0) is 77.8 Å². The van der Waals surface area contributed by atoms with E-state index in [4.69, 9.17) is 37.9 Å². The highest BCUT2D eigenvalue weighted by atomic mass is 16.5. The lowest BCUT2D eigenvalue weighted by molar-refractivity contribution is -0.941. The van der Waals surface area contributed by atoms with E-state index in [1.54, 1.807) is 35.5 Å². The fourth-order valence-electron chi connectivity index (χ4n) is 10.9. The largest absolute Gasteiger partial charge is 0.496 e. The Balaban J connectivity index is 1.10. The topological polar surface area (TPSA) is 209 Å². The Morgan fingerprint density at radius 3 is 1.51 bits per heavy atom. The van der Waals surface area contributed by atoms with Crippen LogP contribution >= 0.6 is 0 Å². The summed E-state index contributed by atoms with van der Waals surface area (Å²) >= 11 is 0. The third-order valence-corrected chi connectivity index (χ3v) is 14.7. The Morgan fingerprint density at radius 1 is 0.528 bits per heavy atom. The van der Waals surface area contributed by atoms with Crippen molar-refractivity contribution < 1.29 is 82.0 Å². The van der Waals surface area contributed by atoms with Crippen molar-refractivity contribution in [1.82, 2.24) is 0 Å². The van der Waals surface area contributed by atoms with E-state index in [1.165, 1.54) is 7.11 Å². The average molecular weight is 1000 g/mol. The molecule has 0 saturated heterocycles. The molecule has 17 heteroatoms. The smallest absolute Gasteiger partial charge is 0.384 e. The van der Waals surface area contributed by atoms with E-state index < -0.39 is 11.9 Å². The molecule has 0 amide bonds. The van der Waals surface area contributed by atoms with Crippen LogP contribution in [0.1, 0.15) is 86.1 Å². The van der Waals surface area contributed by atoms with Crippen molar-refractivity contribution in [1.29, 1.82) is 0 Å². The van der Waals surface area contributed by atoms with Crippen LogP contribution in [0, 0.1) is 11.8 Å². The van der Waals surface area contributed by atoms with Gasteiger partial charge in [-0.15, -0.1) is 0 Å². The van der Waals surface area contributed by atoms with Crippen LogP contribution in [0.2, 0.25) is 0 Å². The van der Waals surface area contributed by atoms with Gasteiger partial charge in [-0.3, -0.25) is 0 Å². The Morgan fingerprint density at radius 2 is 1.01 bits per heavy atom. The molecule has 390 valence electrons. The second kappa shape index (κ2) is 25.0. The zero-order valence-corrected chi connectivity index (χ0v) is 42.9. The minimum absolute atomic E-state index is 0.0488. The predicted molar refractivity (Wildman–Crippen MR) is 266 cm³/mol. The molecule has 2 aliphatic heterocycles. The van der Waals surface area contributed by atoms with E-state index in [1.807, 2.05) is 42.5 Å². The fourth-order valence-corrected chi connectivity index (χ4v) is 10.9. The molecule has 0 fully saturated rings. The first kappa shape index (κ1) is 55.2. The SMILES string of the molecule is COc1cc(CC2c3c(cc(OC)c(OC)c3OC)CC[N+]2(C)CCCOC(=O)C#CC(=O)OCCC[N+]2(C)CCc3cc(CO)c(CO)c(OC)c3C2Cc2ccc(CO)c(CO)c2)cc(CO)c1OC. The number of benzene rings is 4. The van der Waals surface area contributed by atoms with E-state index in [2.05, 4.69) is 25.9 Å². The molecule has 4 atom stereocenters. The van der Waals surface area contributed by atoms with Crippen LogP contribution in [0.5, 0.6) is 34.5 Å². The maximum Gasteiger partial charge on any atom is 0.384 e. The summed E-state index contributed by atoms with van der Waals surface area (Å²) in [6, 6.07) is 13.1. The van der Waals surface area contributed by atoms with Crippen LogP contribution in [0.3, 0.4) is 0 Å². The number of rotatable bonds is 23. The van der Waals surface area contributed by atoms with Crippen LogP contribution in [0.25, 0.3) is 0 Å². The molecule has 0 aliphatic carbocycles. The summed E-state index contributed by atoms with van der Waals surface area (Å²) in [6.07, 6.45) is 3.41. The maximum absolute atomic E-state index is 12.9. The normalized spacial score (nSPS) is 19.0. The molecule has 4 aromatic carbocycles. The minimum atomic E-state index is -0.852. The lowest BCUT2D eigenvalue weighted by Crippen LogP contribution is -2.53. The molecule has 0 radical (unpaired) electrons. The van der Waals surface area contributed by atoms with Gasteiger partial charge in [0.15, 0.2) is 23.0 Å². The summed E-state index contributed by atoms with van der Waals surface area (Å²) in [6.45, 7) is 1.54. The van der Waals surface area contributed by atoms with Crippen molar-refractivity contribution in [2.45, 2.75) is 83.6 Å². The first-order valence-corrected chi connectivity index (χ1v) is 24.2. The van der Waals surface area contributed by atoms with E-state index in [9.17, 15) is 35.1 Å². The van der Waals surface area contributed by atoms with Gasteiger partial charge in [-0.2, -0.15) is 0 Å². The maximum atomic E-state index is 12.9. The molecule has 4 aromatic rings. The van der Waals surface area contributed by atoms with Gasteiger partial charge < -0.3 is 72.4 Å². The number of hydrogen-bond donors (Lipinski definition) is 5. The highest BCUT2D eigenvalue weighted by Gasteiger charge is 2.44. The number of carbonyl (C=O) groups excluding carboxylic acids is 2. The monoisotopic (exact) mass is 1000 g/mol. The molecule has 0 saturated carbocycles. The standard InChI is InChI=1S/C55H72N2O15/c1-56(19-15-37-28-41(32-60)43(34-62)53(68-6)50(37)44(56)25-35-11-12-39(30-58)40(23-35)31-59)17-9-21-71-48(63)13-14-49(64)72-22-10-18-57(2)20-16-38-29-47(66-4)54(69-7)55(70-8)51(38)45(57)26-36-24-42(33-61)52(67-5)46(27-36)65-3/h11-12,23-24,27-29,44-45,58-62H,9-10,15-22,25-26,30-34H2,1-8H3/q+2. The number of fused-ring (bicyclic) bond motifs is 2. The Hall–Kier alpha value is -6.10. The molecular formula is C55H72N2O15+2. The van der Waals surface area contributed by atoms with Gasteiger partial charge in [0.05, 0.1) is 140 Å². The number of quaternary nitrogens is 2. The third-order valence-electron chi connectivity index (χ3n) is 14.7. The van der Waals surface area contributed by atoms with Gasteiger partial charge >= 0.3 is 11.9 Å². The first-order valence-electron chi connectivity index (χ1n) is 24.2. The summed E-state index contributed by atoms with van der Waals surface area (Å²) in [7, 11) is 13.7. The second-order valence-electron chi connectivity index (χ2n) is 18.7. The summed E-state index contributed by atoms with van der Waals surface area (Å²) in [5, 5.41) is 50.8. The quantitative estimate of drug-likeness (QED) is 0.0230. The summed E-state index contributed by atoms with van der Waals surface area (Å²) in [5.41, 5.74) is 8.84. The fraction of sp³-hybridized carbons (Fsp3) is 0.491. The Kier molecular flexibility index (Phi) is 19.2. The first-order chi connectivity index (χ1) is 34.7. The number of likely N-dealkylation sites (N-methyl/N-ethyl adjacent to an activating group) is 2. The number of ether oxygens (including phenoxy) is 8. The summed E-state index contributed by atoms with van der Waals surface area (Å²) < 4.78 is 46.9. The molecule has 2 aliphatic rings. The van der Waals surface area contributed by atoms with Crippen LogP contribution in [0.4, 0.5) is 0 Å². The van der Waals surface area contributed by atoms with Crippen LogP contribution in [0.15, 0.2) is 42.5 Å². The van der Waals surface area contributed by atoms with Gasteiger partial charge in [-0.05, 0) is 57.1 Å². The number of carbonyl (C=O) groups is 2. The number of nitrogens with zero attached hydrogens (tertiary/aromatic N) is 2. The molecule has 72 heavy (non-hydrogen) atoms. The van der Waals surface area contributed by atoms with Gasteiger partial charge in [-0.25, -0.2) is 9.59 Å². The summed E-state index contributed by atoms with van der Waals surface area (Å²) in [4.78, 5) is 25.7. The van der Waals surface area contributed by atoms with Crippen LogP contribution in [-0.4, -0.2) is 143 Å². The Bertz CT molecular complexity index is 2600. The molecule has 5 N–H and O–H groups in total. The zero-order valence-electron chi connectivity index (χ0n) is 42.9. The van der Waals surface area contributed by atoms with Crippen molar-refractivity contribution in [3.63, 3.8) is 0 Å². The van der Waals surface area contributed by atoms with Crippen molar-refractivity contribution in [2.75, 3.05) is 96.1 Å². The lowest BCUT2D eigenvalue weighted by Gasteiger charge is -2.46. The van der Waals surface area contributed by atoms with Crippen molar-refractivity contribution in [2.24, 2.45) is 0 Å². The second-order valence-corrected chi connectivity index (χ2v) is 18.7. The van der Waals surface area contributed by atoms with Crippen molar-refractivity contribution in [3.05, 3.63) is 104 Å². The van der Waals surface area contributed by atoms with Gasteiger partial charge in [-0.1, -0.05) is 24.3 Å². The summed E-state index contributed by atoms with van der Waals surface area (Å²) in [5.74, 6) is 5.99. The third kappa shape index (κ3) is 11.9. The molecule has 4 unspecified atom stereocenters. The number of hydrogen-bond acceptors (Lipinski definition) is 15. The highest BCUT2D eigenvalue weighted by Crippen LogP contribution is 2.51. The molecule has 0 aromatic heterocycles. The van der Waals surface area contributed by atoms with Gasteiger partial charge in [0.25, 0.3) is 0 Å². The molecular weight excluding hydrogens is 929 g/mol. The van der Waals surface area contributed by atoms with Gasteiger partial charge in [0.2, 0.25) is 5.75 Å². The lowest BCUT2D eigenvalue weighted by atomic mass is 9.82. The van der Waals surface area contributed by atoms with Crippen LogP contribution < -0.4 is 28.4 Å². The molecule has 0 bridgehead atoms. The predicted octanol–water partition coefficient (Wildman–Crippen LogP) is 4.34. The highest BCUT2D eigenvalue weighted by molar-refractivity contribution is 5.98. The number of aliphatic hydroxyl groups is 5. The Labute approximate surface area is 422 Å². The van der Waals surface area contributed by atoms with Gasteiger partial charge in [0.1, 0.15) is 17.8 Å². The molecule has 2 heterocycles. The van der Waals surface area contributed by atoms with E-state index in [-0.39, 0.29) is 58.3 Å². The average Bonchev–Trinajstić information content (AvgIpc) is 3.40. The zero-order chi connectivity index (χ0) is 52.2. The number of esters is 2. The minimum Gasteiger partial charge on any atom is -0.496 e. The number of aliphatic hydroxyl groups excluding tert-OH is 5. The van der Waals surface area contributed by atoms with Gasteiger partial charge in [0, 0.05) is 61.5 Å². The van der Waals surface area contributed by atoms with Crippen molar-refractivity contribution in [3.8, 4) is 46.3 Å².